The molecule has 288 valence electrons. The van der Waals surface area contributed by atoms with Crippen molar-refractivity contribution in [3.63, 3.8) is 0 Å². The van der Waals surface area contributed by atoms with Crippen LogP contribution in [0.4, 0.5) is 0 Å². The maximum absolute atomic E-state index is 13.0. The van der Waals surface area contributed by atoms with E-state index >= 15 is 0 Å². The first-order valence-corrected chi connectivity index (χ1v) is 16.8. The van der Waals surface area contributed by atoms with Crippen LogP contribution in [0.2, 0.25) is 0 Å². The van der Waals surface area contributed by atoms with E-state index in [4.69, 9.17) is 33.2 Å². The minimum atomic E-state index is -1.86. The first kappa shape index (κ1) is 39.9. The highest BCUT2D eigenvalue weighted by atomic mass is 16.8. The van der Waals surface area contributed by atoms with Gasteiger partial charge in [-0.2, -0.15) is 0 Å². The van der Waals surface area contributed by atoms with Gasteiger partial charge in [-0.05, 0) is 61.7 Å². The second-order valence-electron chi connectivity index (χ2n) is 12.9. The molecule has 0 radical (unpaired) electrons. The van der Waals surface area contributed by atoms with Gasteiger partial charge >= 0.3 is 5.97 Å². The number of phenols is 2. The van der Waals surface area contributed by atoms with Crippen molar-refractivity contribution < 1.29 is 83.9 Å². The SMILES string of the molecule is C[C@H]1O[C@H](O[C@H]2[C@H](O)[C@H](O)[C@@H](O[C@H]3[C@H](O)[C@@H](OCCc4ccc(O)cc4)O[C@@H](CO)[C@@H]3OC(=O)/C=C\c3ccc(O)cc3)O[C@@H]2C)[C@@H](O)[C@@H](O)[C@@H]1O. The van der Waals surface area contributed by atoms with Crippen LogP contribution in [0, 0.1) is 0 Å². The van der Waals surface area contributed by atoms with E-state index in [9.17, 15) is 50.8 Å². The lowest BCUT2D eigenvalue weighted by Gasteiger charge is -2.48. The van der Waals surface area contributed by atoms with Gasteiger partial charge < -0.3 is 79.1 Å². The number of phenolic OH excluding ortho intramolecular Hbond substituents is 2. The lowest BCUT2D eigenvalue weighted by Crippen LogP contribution is -2.66. The second kappa shape index (κ2) is 17.7. The Morgan fingerprint density at radius 1 is 0.673 bits per heavy atom. The first-order chi connectivity index (χ1) is 24.8. The normalized spacial score (nSPS) is 38.3. The molecular formula is C35H46O17. The van der Waals surface area contributed by atoms with Crippen molar-refractivity contribution in [3.8, 4) is 11.5 Å². The van der Waals surface area contributed by atoms with Crippen LogP contribution in [0.15, 0.2) is 54.6 Å². The predicted molar refractivity (Wildman–Crippen MR) is 175 cm³/mol. The van der Waals surface area contributed by atoms with E-state index in [1.54, 1.807) is 24.3 Å². The van der Waals surface area contributed by atoms with E-state index in [1.165, 1.54) is 44.2 Å². The van der Waals surface area contributed by atoms with E-state index in [1.807, 2.05) is 0 Å². The number of esters is 1. The summed E-state index contributed by atoms with van der Waals surface area (Å²) < 4.78 is 40.3. The molecule has 0 amide bonds. The van der Waals surface area contributed by atoms with E-state index in [0.29, 0.717) is 12.0 Å². The Kier molecular flexibility index (Phi) is 13.6. The summed E-state index contributed by atoms with van der Waals surface area (Å²) in [5.41, 5.74) is 1.35. The highest BCUT2D eigenvalue weighted by molar-refractivity contribution is 5.87. The topological polar surface area (TPSA) is 264 Å². The summed E-state index contributed by atoms with van der Waals surface area (Å²) in [4.78, 5) is 13.0. The van der Waals surface area contributed by atoms with Crippen molar-refractivity contribution in [2.24, 2.45) is 0 Å². The summed E-state index contributed by atoms with van der Waals surface area (Å²) in [6.07, 6.45) is -19.6. The third-order valence-electron chi connectivity index (χ3n) is 9.13. The Labute approximate surface area is 298 Å². The Hall–Kier alpha value is -3.27. The number of aliphatic hydroxyl groups excluding tert-OH is 7. The Morgan fingerprint density at radius 3 is 1.88 bits per heavy atom. The zero-order valence-electron chi connectivity index (χ0n) is 28.3. The van der Waals surface area contributed by atoms with Gasteiger partial charge in [0, 0.05) is 6.08 Å². The van der Waals surface area contributed by atoms with Crippen molar-refractivity contribution in [3.05, 3.63) is 65.7 Å². The van der Waals surface area contributed by atoms with Crippen LogP contribution >= 0.6 is 0 Å². The molecule has 3 fully saturated rings. The molecule has 17 nitrogen and oxygen atoms in total. The average Bonchev–Trinajstić information content (AvgIpc) is 3.12. The van der Waals surface area contributed by atoms with Crippen LogP contribution in [0.3, 0.4) is 0 Å². The maximum Gasteiger partial charge on any atom is 0.331 e. The molecule has 3 heterocycles. The van der Waals surface area contributed by atoms with Crippen molar-refractivity contribution in [1.29, 1.82) is 0 Å². The molecule has 2 aromatic rings. The number of aliphatic hydroxyl groups is 7. The van der Waals surface area contributed by atoms with Gasteiger partial charge in [0.25, 0.3) is 0 Å². The van der Waals surface area contributed by atoms with Crippen molar-refractivity contribution in [2.75, 3.05) is 13.2 Å². The van der Waals surface area contributed by atoms with Gasteiger partial charge in [-0.3, -0.25) is 0 Å². The van der Waals surface area contributed by atoms with E-state index < -0.39 is 105 Å². The Morgan fingerprint density at radius 2 is 1.25 bits per heavy atom. The zero-order chi connectivity index (χ0) is 37.7. The summed E-state index contributed by atoms with van der Waals surface area (Å²) in [6.45, 7) is 2.18. The molecule has 0 unspecified atom stereocenters. The Balaban J connectivity index is 1.32. The second-order valence-corrected chi connectivity index (χ2v) is 12.9. The van der Waals surface area contributed by atoms with Crippen LogP contribution in [-0.4, -0.2) is 157 Å². The monoisotopic (exact) mass is 738 g/mol. The molecule has 3 aliphatic rings. The number of benzene rings is 2. The van der Waals surface area contributed by atoms with Crippen LogP contribution in [0.5, 0.6) is 11.5 Å². The van der Waals surface area contributed by atoms with Crippen molar-refractivity contribution in [2.45, 2.75) is 112 Å². The maximum atomic E-state index is 13.0. The van der Waals surface area contributed by atoms with Crippen LogP contribution in [0.25, 0.3) is 6.08 Å². The quantitative estimate of drug-likeness (QED) is 0.0879. The van der Waals surface area contributed by atoms with Crippen LogP contribution in [-0.2, 0) is 44.4 Å². The molecule has 0 saturated carbocycles. The molecule has 2 aromatic carbocycles. The number of rotatable bonds is 12. The number of hydrogen-bond acceptors (Lipinski definition) is 17. The van der Waals surface area contributed by atoms with Gasteiger partial charge in [0.1, 0.15) is 66.4 Å². The lowest BCUT2D eigenvalue weighted by molar-refractivity contribution is -0.375. The number of ether oxygens (including phenoxy) is 7. The van der Waals surface area contributed by atoms with Crippen LogP contribution in [0.1, 0.15) is 25.0 Å². The fourth-order valence-electron chi connectivity index (χ4n) is 6.10. The molecule has 0 aromatic heterocycles. The van der Waals surface area contributed by atoms with Gasteiger partial charge in [0.15, 0.2) is 25.0 Å². The highest BCUT2D eigenvalue weighted by Gasteiger charge is 2.54. The summed E-state index contributed by atoms with van der Waals surface area (Å²) in [5, 5.41) is 93.7. The largest absolute Gasteiger partial charge is 0.508 e. The van der Waals surface area contributed by atoms with Gasteiger partial charge in [0.2, 0.25) is 0 Å². The molecule has 5 rings (SSSR count). The molecule has 0 bridgehead atoms. The van der Waals surface area contributed by atoms with Crippen molar-refractivity contribution >= 4 is 12.0 Å². The summed E-state index contributed by atoms with van der Waals surface area (Å²) in [5.74, 6) is -0.819. The predicted octanol–water partition coefficient (Wildman–Crippen LogP) is -1.58. The fourth-order valence-corrected chi connectivity index (χ4v) is 6.10. The number of aromatic hydroxyl groups is 2. The minimum absolute atomic E-state index is 0.00788. The molecule has 0 spiro atoms. The van der Waals surface area contributed by atoms with Gasteiger partial charge in [-0.15, -0.1) is 0 Å². The first-order valence-electron chi connectivity index (χ1n) is 16.8. The van der Waals surface area contributed by atoms with E-state index in [-0.39, 0.29) is 18.1 Å². The molecule has 3 saturated heterocycles. The molecule has 3 aliphatic heterocycles. The summed E-state index contributed by atoms with van der Waals surface area (Å²) in [7, 11) is 0. The Bertz CT molecular complexity index is 1460. The summed E-state index contributed by atoms with van der Waals surface area (Å²) >= 11 is 0. The minimum Gasteiger partial charge on any atom is -0.508 e. The van der Waals surface area contributed by atoms with Crippen molar-refractivity contribution in [1.82, 2.24) is 0 Å². The third kappa shape index (κ3) is 9.44. The zero-order valence-corrected chi connectivity index (χ0v) is 28.3. The summed E-state index contributed by atoms with van der Waals surface area (Å²) in [6, 6.07) is 12.3. The van der Waals surface area contributed by atoms with Gasteiger partial charge in [-0.1, -0.05) is 24.3 Å². The number of carbonyl (C=O) groups is 1. The molecule has 0 aliphatic carbocycles. The van der Waals surface area contributed by atoms with Gasteiger partial charge in [-0.25, -0.2) is 4.79 Å². The lowest BCUT2D eigenvalue weighted by atomic mass is 9.96. The molecule has 15 atom stereocenters. The highest BCUT2D eigenvalue weighted by Crippen LogP contribution is 2.33. The van der Waals surface area contributed by atoms with E-state index in [0.717, 1.165) is 11.6 Å². The smallest absolute Gasteiger partial charge is 0.331 e. The number of carbonyl (C=O) groups excluding carboxylic acids is 1. The molecule has 52 heavy (non-hydrogen) atoms. The molecular weight excluding hydrogens is 692 g/mol. The van der Waals surface area contributed by atoms with Crippen LogP contribution < -0.4 is 0 Å². The van der Waals surface area contributed by atoms with E-state index in [2.05, 4.69) is 0 Å². The van der Waals surface area contributed by atoms with Gasteiger partial charge in [0.05, 0.1) is 25.4 Å². The average molecular weight is 739 g/mol. The fraction of sp³-hybridized carbons (Fsp3) is 0.571. The standard InChI is InChI=1S/C35H46O17/c1-16-24(40)25(41)27(43)34(47-16)51-30-17(2)48-35(28(44)26(30)42)52-32-29(45)33(46-14-13-19-5-10-21(38)11-6-19)49-22(15-36)31(32)50-23(39)12-7-18-3-8-20(37)9-4-18/h3-12,16-17,22,24-38,40-45H,13-15H2,1-2H3/b12-7-/t16-,17-,22+,24-,25+,26-,27+,28+,29+,30-,31+,32+,33+,34-,35-/m1/s1. The third-order valence-corrected chi connectivity index (χ3v) is 9.13. The molecule has 17 heteroatoms. The number of hydrogen-bond donors (Lipinski definition) is 9. The molecule has 9 N–H and O–H groups in total.